The highest BCUT2D eigenvalue weighted by atomic mass is 35.5. The lowest BCUT2D eigenvalue weighted by molar-refractivity contribution is -0.132. The first-order valence-electron chi connectivity index (χ1n) is 12.9. The number of hydrogen-bond donors (Lipinski definition) is 2. The van der Waals surface area contributed by atoms with Gasteiger partial charge < -0.3 is 15.0 Å². The molecule has 1 atom stereocenters. The van der Waals surface area contributed by atoms with E-state index in [9.17, 15) is 18.8 Å². The summed E-state index contributed by atoms with van der Waals surface area (Å²) in [4.78, 5) is 44.1. The molecule has 210 valence electrons. The molecule has 0 saturated carbocycles. The molecule has 0 aliphatic rings. The fourth-order valence-corrected chi connectivity index (χ4v) is 4.45. The van der Waals surface area contributed by atoms with Crippen molar-refractivity contribution in [2.24, 2.45) is 0 Å². The summed E-state index contributed by atoms with van der Waals surface area (Å²) in [5.41, 5.74) is 0.580. The van der Waals surface area contributed by atoms with Gasteiger partial charge in [-0.15, -0.1) is 0 Å². The maximum absolute atomic E-state index is 13.8. The number of aromatic nitrogens is 1. The van der Waals surface area contributed by atoms with E-state index in [2.05, 4.69) is 10.3 Å². The van der Waals surface area contributed by atoms with Gasteiger partial charge in [0, 0.05) is 37.0 Å². The number of fused-ring (bicyclic) bond motifs is 1. The lowest BCUT2D eigenvalue weighted by Crippen LogP contribution is -2.43. The molecule has 2 amide bonds. The number of amides is 2. The van der Waals surface area contributed by atoms with Gasteiger partial charge in [0.05, 0.1) is 16.8 Å². The van der Waals surface area contributed by atoms with Crippen LogP contribution < -0.4 is 5.32 Å². The number of rotatable bonds is 11. The van der Waals surface area contributed by atoms with Crippen LogP contribution in [0, 0.1) is 11.2 Å². The summed E-state index contributed by atoms with van der Waals surface area (Å²) in [5, 5.41) is 12.7. The van der Waals surface area contributed by atoms with Crippen molar-refractivity contribution in [3.05, 3.63) is 107 Å². The van der Waals surface area contributed by atoms with Gasteiger partial charge in [0.25, 0.3) is 0 Å². The number of aryl methyl sites for hydroxylation is 1. The molecule has 4 rings (SSSR count). The van der Waals surface area contributed by atoms with Crippen molar-refractivity contribution < 1.29 is 23.5 Å². The lowest BCUT2D eigenvalue weighted by atomic mass is 10.0. The van der Waals surface area contributed by atoms with Crippen LogP contribution in [-0.2, 0) is 16.0 Å². The topological polar surface area (TPSA) is 112 Å². The first-order valence-corrected chi connectivity index (χ1v) is 13.2. The van der Waals surface area contributed by atoms with Crippen LogP contribution in [0.25, 0.3) is 10.8 Å². The van der Waals surface area contributed by atoms with Gasteiger partial charge in [0.2, 0.25) is 11.7 Å². The molecule has 2 N–H and O–H groups in total. The second-order valence-electron chi connectivity index (χ2n) is 9.39. The minimum atomic E-state index is -0.819. The number of halogens is 2. The van der Waals surface area contributed by atoms with Gasteiger partial charge in [-0.2, -0.15) is 0 Å². The normalized spacial score (nSPS) is 11.5. The van der Waals surface area contributed by atoms with E-state index in [0.29, 0.717) is 11.1 Å². The van der Waals surface area contributed by atoms with Gasteiger partial charge in [-0.3, -0.25) is 14.9 Å². The highest BCUT2D eigenvalue weighted by Crippen LogP contribution is 2.22. The van der Waals surface area contributed by atoms with Crippen LogP contribution in [0.2, 0.25) is 5.02 Å². The zero-order valence-electron chi connectivity index (χ0n) is 22.3. The van der Waals surface area contributed by atoms with Crippen molar-refractivity contribution in [1.82, 2.24) is 9.88 Å². The van der Waals surface area contributed by atoms with Crippen molar-refractivity contribution >= 4 is 51.7 Å². The Bertz CT molecular complexity index is 1580. The van der Waals surface area contributed by atoms with Gasteiger partial charge in [0.1, 0.15) is 18.2 Å². The monoisotopic (exact) mass is 574 g/mol. The zero-order valence-corrected chi connectivity index (χ0v) is 23.0. The summed E-state index contributed by atoms with van der Waals surface area (Å²) < 4.78 is 19.2. The van der Waals surface area contributed by atoms with Gasteiger partial charge in [0.15, 0.2) is 0 Å². The quantitative estimate of drug-likeness (QED) is 0.161. The van der Waals surface area contributed by atoms with E-state index in [1.54, 1.807) is 48.7 Å². The van der Waals surface area contributed by atoms with E-state index in [1.165, 1.54) is 24.1 Å². The molecule has 3 aromatic carbocycles. The molecular weight excluding hydrogens is 547 g/mol. The minimum Gasteiger partial charge on any atom is -0.447 e. The second-order valence-corrected chi connectivity index (χ2v) is 9.77. The van der Waals surface area contributed by atoms with E-state index in [0.717, 1.165) is 10.8 Å². The van der Waals surface area contributed by atoms with Crippen molar-refractivity contribution in [1.29, 1.82) is 5.41 Å². The molecular formula is C31H28ClFN4O4. The van der Waals surface area contributed by atoms with Crippen LogP contribution in [0.1, 0.15) is 28.8 Å². The molecule has 0 unspecified atom stereocenters. The third-order valence-corrected chi connectivity index (χ3v) is 7.02. The Kier molecular flexibility index (Phi) is 9.76. The molecule has 0 radical (unpaired) electrons. The largest absolute Gasteiger partial charge is 0.447 e. The smallest absolute Gasteiger partial charge is 0.412 e. The van der Waals surface area contributed by atoms with E-state index >= 15 is 0 Å². The second kappa shape index (κ2) is 13.6. The number of ether oxygens (including phenoxy) is 1. The van der Waals surface area contributed by atoms with Crippen LogP contribution >= 0.6 is 11.6 Å². The molecule has 1 heterocycles. The molecule has 1 aromatic heterocycles. The number of anilines is 1. The van der Waals surface area contributed by atoms with E-state index in [4.69, 9.17) is 21.7 Å². The number of likely N-dealkylation sites (N-methyl/N-ethyl adjacent to an activating group) is 1. The molecule has 8 nitrogen and oxygen atoms in total. The van der Waals surface area contributed by atoms with Crippen LogP contribution in [-0.4, -0.2) is 53.1 Å². The average Bonchev–Trinajstić information content (AvgIpc) is 2.99. The Labute approximate surface area is 241 Å². The van der Waals surface area contributed by atoms with Crippen molar-refractivity contribution in [3.8, 4) is 0 Å². The molecule has 0 aliphatic heterocycles. The summed E-state index contributed by atoms with van der Waals surface area (Å²) in [5.74, 6) is -1.13. The number of hydrogen-bond acceptors (Lipinski definition) is 6. The van der Waals surface area contributed by atoms with Gasteiger partial charge in [-0.25, -0.2) is 14.2 Å². The highest BCUT2D eigenvalue weighted by molar-refractivity contribution is 6.45. The highest BCUT2D eigenvalue weighted by Gasteiger charge is 2.26. The summed E-state index contributed by atoms with van der Waals surface area (Å²) in [6.07, 6.45) is 0.844. The summed E-state index contributed by atoms with van der Waals surface area (Å²) >= 11 is 6.03. The third-order valence-electron chi connectivity index (χ3n) is 6.60. The average molecular weight is 575 g/mol. The van der Waals surface area contributed by atoms with E-state index in [1.807, 2.05) is 24.3 Å². The molecule has 0 spiro atoms. The number of carbonyl (C=O) groups is 3. The van der Waals surface area contributed by atoms with Crippen LogP contribution in [0.15, 0.2) is 85.1 Å². The Balaban J connectivity index is 1.44. The fourth-order valence-electron chi connectivity index (χ4n) is 4.23. The lowest BCUT2D eigenvalue weighted by Gasteiger charge is -2.28. The Morgan fingerprint density at radius 2 is 1.73 bits per heavy atom. The first kappa shape index (κ1) is 29.4. The third kappa shape index (κ3) is 7.73. The summed E-state index contributed by atoms with van der Waals surface area (Å²) in [7, 11) is 1.51. The molecule has 4 aromatic rings. The number of nitrogens with zero attached hydrogens (tertiary/aromatic N) is 2. The number of pyridine rings is 1. The fraction of sp³-hybridized carbons (Fsp3) is 0.194. The van der Waals surface area contributed by atoms with Gasteiger partial charge in [-0.05, 0) is 29.5 Å². The SMILES string of the molecule is CN(C(=O)CCc1cccc(F)c1Cl)[C@H](COC(=O)Nc1cc2ccccc2cn1)CC(=N)C(=O)c1ccccc1. The Morgan fingerprint density at radius 1 is 1.02 bits per heavy atom. The molecule has 0 aliphatic carbocycles. The van der Waals surface area contributed by atoms with Crippen molar-refractivity contribution in [3.63, 3.8) is 0 Å². The number of nitrogens with one attached hydrogen (secondary N) is 2. The van der Waals surface area contributed by atoms with Crippen LogP contribution in [0.3, 0.4) is 0 Å². The number of benzene rings is 3. The van der Waals surface area contributed by atoms with Gasteiger partial charge in [-0.1, -0.05) is 78.3 Å². The predicted molar refractivity (Wildman–Crippen MR) is 156 cm³/mol. The minimum absolute atomic E-state index is 0.0106. The number of Topliss-reactive ketones (excluding diaryl/α,β-unsaturated/α-hetero) is 1. The van der Waals surface area contributed by atoms with Crippen molar-refractivity contribution in [2.75, 3.05) is 19.0 Å². The molecule has 0 bridgehead atoms. The molecule has 10 heteroatoms. The summed E-state index contributed by atoms with van der Waals surface area (Å²) in [6.45, 7) is -0.285. The zero-order chi connectivity index (χ0) is 29.4. The standard InChI is InChI=1S/C31H28ClFN4O4/c1-37(28(38)15-14-20-12-7-13-25(33)29(20)32)24(17-26(34)30(39)21-8-3-2-4-9-21)19-41-31(40)36-27-16-22-10-5-6-11-23(22)18-35-27/h2-13,16,18,24,34H,14-15,17,19H2,1H3,(H,35,36,40)/t24-/m0/s1. The Morgan fingerprint density at radius 3 is 2.49 bits per heavy atom. The van der Waals surface area contributed by atoms with Crippen molar-refractivity contribution in [2.45, 2.75) is 25.3 Å². The molecule has 0 fully saturated rings. The van der Waals surface area contributed by atoms with Crippen LogP contribution in [0.5, 0.6) is 0 Å². The summed E-state index contributed by atoms with van der Waals surface area (Å²) in [6, 6.07) is 21.2. The first-order chi connectivity index (χ1) is 19.7. The molecule has 41 heavy (non-hydrogen) atoms. The van der Waals surface area contributed by atoms with E-state index in [-0.39, 0.29) is 48.3 Å². The van der Waals surface area contributed by atoms with Crippen LogP contribution in [0.4, 0.5) is 15.0 Å². The molecule has 0 saturated heterocycles. The van der Waals surface area contributed by atoms with E-state index < -0.39 is 23.7 Å². The maximum Gasteiger partial charge on any atom is 0.412 e. The number of ketones is 1. The Hall–Kier alpha value is -4.63. The maximum atomic E-state index is 13.8. The number of carbonyl (C=O) groups excluding carboxylic acids is 3. The predicted octanol–water partition coefficient (Wildman–Crippen LogP) is 6.33. The van der Waals surface area contributed by atoms with Gasteiger partial charge >= 0.3 is 6.09 Å².